The molecule has 3 fully saturated rings. The number of nitrogens with zero attached hydrogens (tertiary/aromatic N) is 1. The number of benzene rings is 1. The zero-order valence-corrected chi connectivity index (χ0v) is 19.5. The van der Waals surface area contributed by atoms with Crippen molar-refractivity contribution in [2.75, 3.05) is 5.32 Å². The van der Waals surface area contributed by atoms with E-state index in [2.05, 4.69) is 63.2 Å². The fourth-order valence-electron chi connectivity index (χ4n) is 5.51. The van der Waals surface area contributed by atoms with Crippen molar-refractivity contribution < 1.29 is 9.53 Å². The van der Waals surface area contributed by atoms with E-state index in [0.29, 0.717) is 34.7 Å². The van der Waals surface area contributed by atoms with Crippen molar-refractivity contribution >= 4 is 11.7 Å². The molecule has 3 aliphatic rings. The molecule has 31 heavy (non-hydrogen) atoms. The summed E-state index contributed by atoms with van der Waals surface area (Å²) in [4.78, 5) is 17.2. The zero-order chi connectivity index (χ0) is 22.4. The fourth-order valence-corrected chi connectivity index (χ4v) is 5.51. The number of anilines is 1. The minimum Gasteiger partial charge on any atom is -0.437 e. The second-order valence-corrected chi connectivity index (χ2v) is 10.9. The first-order valence-corrected chi connectivity index (χ1v) is 11.4. The first kappa shape index (κ1) is 21.7. The second-order valence-electron chi connectivity index (χ2n) is 10.9. The summed E-state index contributed by atoms with van der Waals surface area (Å²) in [5.41, 5.74) is 1.99. The van der Waals surface area contributed by atoms with E-state index in [4.69, 9.17) is 4.74 Å². The summed E-state index contributed by atoms with van der Waals surface area (Å²) >= 11 is 0. The summed E-state index contributed by atoms with van der Waals surface area (Å²) in [6.45, 7) is 13.5. The van der Waals surface area contributed by atoms with Gasteiger partial charge in [0.2, 0.25) is 5.88 Å². The summed E-state index contributed by atoms with van der Waals surface area (Å²) in [5, 5.41) is 6.18. The SMILES string of the molecule is C[C@H]1[C@H]2C[C@H](C[C@H]1NC(=O)Nc1cccnc1Oc1ccccc1C(C)(C)C)C2(C)C. The van der Waals surface area contributed by atoms with Crippen LogP contribution in [0, 0.1) is 23.2 Å². The van der Waals surface area contributed by atoms with E-state index in [1.165, 1.54) is 6.42 Å². The number of carbonyl (C=O) groups excluding carboxylic acids is 1. The monoisotopic (exact) mass is 421 g/mol. The molecule has 3 saturated carbocycles. The number of para-hydroxylation sites is 1. The van der Waals surface area contributed by atoms with Gasteiger partial charge in [-0.1, -0.05) is 59.7 Å². The Balaban J connectivity index is 1.46. The summed E-state index contributed by atoms with van der Waals surface area (Å²) in [6, 6.07) is 11.6. The van der Waals surface area contributed by atoms with Crippen molar-refractivity contribution in [1.82, 2.24) is 10.3 Å². The molecule has 4 atom stereocenters. The van der Waals surface area contributed by atoms with Crippen molar-refractivity contribution in [3.63, 3.8) is 0 Å². The number of nitrogens with one attached hydrogen (secondary N) is 2. The van der Waals surface area contributed by atoms with Crippen LogP contribution < -0.4 is 15.4 Å². The van der Waals surface area contributed by atoms with Crippen LogP contribution in [0.1, 0.15) is 59.9 Å². The predicted molar refractivity (Wildman–Crippen MR) is 125 cm³/mol. The lowest BCUT2D eigenvalue weighted by atomic mass is 9.45. The molecule has 3 aliphatic carbocycles. The van der Waals surface area contributed by atoms with E-state index in [1.807, 2.05) is 24.3 Å². The molecule has 5 rings (SSSR count). The molecular formula is C26H35N3O2. The Bertz CT molecular complexity index is 963. The van der Waals surface area contributed by atoms with Crippen LogP contribution >= 0.6 is 0 Å². The molecule has 5 nitrogen and oxygen atoms in total. The van der Waals surface area contributed by atoms with E-state index in [1.54, 1.807) is 12.3 Å². The highest BCUT2D eigenvalue weighted by atomic mass is 16.5. The molecule has 0 aliphatic heterocycles. The summed E-state index contributed by atoms with van der Waals surface area (Å²) in [7, 11) is 0. The third-order valence-corrected chi connectivity index (χ3v) is 7.59. The van der Waals surface area contributed by atoms with E-state index < -0.39 is 0 Å². The highest BCUT2D eigenvalue weighted by Gasteiger charge is 2.56. The number of carbonyl (C=O) groups is 1. The van der Waals surface area contributed by atoms with Crippen LogP contribution in [-0.2, 0) is 5.41 Å². The Kier molecular flexibility index (Phi) is 5.48. The average Bonchev–Trinajstić information content (AvgIpc) is 2.70. The number of hydrogen-bond donors (Lipinski definition) is 2. The maximum absolute atomic E-state index is 12.8. The molecule has 1 aromatic heterocycles. The van der Waals surface area contributed by atoms with Gasteiger partial charge in [0.05, 0.1) is 0 Å². The van der Waals surface area contributed by atoms with E-state index in [-0.39, 0.29) is 17.5 Å². The Labute approximate surface area is 186 Å². The normalized spacial score (nSPS) is 26.5. The number of fused-ring (bicyclic) bond motifs is 2. The minimum absolute atomic E-state index is 0.0674. The number of aromatic nitrogens is 1. The van der Waals surface area contributed by atoms with Gasteiger partial charge in [-0.05, 0) is 59.6 Å². The maximum atomic E-state index is 12.8. The summed E-state index contributed by atoms with van der Waals surface area (Å²) < 4.78 is 6.18. The molecule has 0 radical (unpaired) electrons. The number of hydrogen-bond acceptors (Lipinski definition) is 3. The van der Waals surface area contributed by atoms with Crippen LogP contribution in [0.2, 0.25) is 0 Å². The molecule has 0 saturated heterocycles. The topological polar surface area (TPSA) is 63.2 Å². The molecule has 0 spiro atoms. The van der Waals surface area contributed by atoms with Gasteiger partial charge in [0.1, 0.15) is 11.4 Å². The molecule has 166 valence electrons. The lowest BCUT2D eigenvalue weighted by molar-refractivity contribution is -0.112. The molecule has 1 aromatic carbocycles. The van der Waals surface area contributed by atoms with Crippen LogP contribution in [0.3, 0.4) is 0 Å². The minimum atomic E-state index is -0.196. The van der Waals surface area contributed by atoms with Crippen molar-refractivity contribution in [3.8, 4) is 11.6 Å². The predicted octanol–water partition coefficient (Wildman–Crippen LogP) is 6.36. The first-order valence-electron chi connectivity index (χ1n) is 11.4. The van der Waals surface area contributed by atoms with Crippen molar-refractivity contribution in [1.29, 1.82) is 0 Å². The van der Waals surface area contributed by atoms with Gasteiger partial charge in [0, 0.05) is 17.8 Å². The van der Waals surface area contributed by atoms with Gasteiger partial charge in [-0.25, -0.2) is 9.78 Å². The van der Waals surface area contributed by atoms with Crippen LogP contribution in [-0.4, -0.2) is 17.1 Å². The van der Waals surface area contributed by atoms with Crippen molar-refractivity contribution in [3.05, 3.63) is 48.2 Å². The maximum Gasteiger partial charge on any atom is 0.319 e. The third-order valence-electron chi connectivity index (χ3n) is 7.59. The van der Waals surface area contributed by atoms with Crippen LogP contribution in [0.4, 0.5) is 10.5 Å². The van der Waals surface area contributed by atoms with Crippen LogP contribution in [0.15, 0.2) is 42.6 Å². The van der Waals surface area contributed by atoms with Crippen LogP contribution in [0.25, 0.3) is 0 Å². The second kappa shape index (κ2) is 7.85. The van der Waals surface area contributed by atoms with Gasteiger partial charge < -0.3 is 15.4 Å². The molecule has 2 bridgehead atoms. The zero-order valence-electron chi connectivity index (χ0n) is 19.5. The third kappa shape index (κ3) is 4.15. The Morgan fingerprint density at radius 1 is 1.13 bits per heavy atom. The summed E-state index contributed by atoms with van der Waals surface area (Å²) in [6.07, 6.45) is 4.02. The lowest BCUT2D eigenvalue weighted by Crippen LogP contribution is -2.61. The summed E-state index contributed by atoms with van der Waals surface area (Å²) in [5.74, 6) is 3.01. The molecule has 2 aromatic rings. The van der Waals surface area contributed by atoms with Crippen LogP contribution in [0.5, 0.6) is 11.6 Å². The van der Waals surface area contributed by atoms with E-state index >= 15 is 0 Å². The Hall–Kier alpha value is -2.56. The Morgan fingerprint density at radius 2 is 1.87 bits per heavy atom. The highest BCUT2D eigenvalue weighted by Crippen LogP contribution is 2.61. The van der Waals surface area contributed by atoms with Gasteiger partial charge in [0.15, 0.2) is 0 Å². The average molecular weight is 422 g/mol. The number of ether oxygens (including phenoxy) is 1. The standard InChI is InChI=1S/C26H35N3O2/c1-16-19-14-17(26(19,5)6)15-21(16)29-24(30)28-20-11-9-13-27-23(20)31-22-12-8-7-10-18(22)25(2,3)4/h7-13,16-17,19,21H,14-15H2,1-6H3,(H2,28,29,30)/t16-,17+,19+,21+/m0/s1. The van der Waals surface area contributed by atoms with E-state index in [9.17, 15) is 4.79 Å². The van der Waals surface area contributed by atoms with Gasteiger partial charge in [-0.15, -0.1) is 0 Å². The lowest BCUT2D eigenvalue weighted by Gasteiger charge is -2.62. The molecular weight excluding hydrogens is 386 g/mol. The molecule has 1 heterocycles. The van der Waals surface area contributed by atoms with Crippen molar-refractivity contribution in [2.24, 2.45) is 23.2 Å². The van der Waals surface area contributed by atoms with Crippen molar-refractivity contribution in [2.45, 2.75) is 65.8 Å². The van der Waals surface area contributed by atoms with Gasteiger partial charge in [-0.2, -0.15) is 0 Å². The molecule has 5 heteroatoms. The molecule has 2 amide bonds. The Morgan fingerprint density at radius 3 is 2.55 bits per heavy atom. The smallest absolute Gasteiger partial charge is 0.319 e. The fraction of sp³-hybridized carbons (Fsp3) is 0.538. The number of pyridine rings is 1. The molecule has 2 N–H and O–H groups in total. The van der Waals surface area contributed by atoms with E-state index in [0.717, 1.165) is 17.7 Å². The number of urea groups is 1. The quantitative estimate of drug-likeness (QED) is 0.603. The van der Waals surface area contributed by atoms with Gasteiger partial charge in [-0.3, -0.25) is 0 Å². The number of amides is 2. The van der Waals surface area contributed by atoms with Gasteiger partial charge >= 0.3 is 6.03 Å². The number of rotatable bonds is 4. The first-order chi connectivity index (χ1) is 14.6. The van der Waals surface area contributed by atoms with Gasteiger partial charge in [0.25, 0.3) is 0 Å². The molecule has 0 unspecified atom stereocenters. The highest BCUT2D eigenvalue weighted by molar-refractivity contribution is 5.90. The largest absolute Gasteiger partial charge is 0.437 e.